The summed E-state index contributed by atoms with van der Waals surface area (Å²) in [7, 11) is 0. The molecular weight excluding hydrogens is 246 g/mol. The van der Waals surface area contributed by atoms with Gasteiger partial charge in [-0.3, -0.25) is 0 Å². The molecule has 1 aliphatic heterocycles. The van der Waals surface area contributed by atoms with E-state index in [2.05, 4.69) is 36.9 Å². The fourth-order valence-corrected chi connectivity index (χ4v) is 3.17. The van der Waals surface area contributed by atoms with E-state index in [0.717, 1.165) is 18.5 Å². The Morgan fingerprint density at radius 3 is 2.75 bits per heavy atom. The van der Waals surface area contributed by atoms with Gasteiger partial charge in [-0.2, -0.15) is 0 Å². The summed E-state index contributed by atoms with van der Waals surface area (Å²) in [6, 6.07) is 14.5. The van der Waals surface area contributed by atoms with Crippen molar-refractivity contribution in [3.8, 4) is 5.75 Å². The SMILES string of the molecule is Cc1ccc2c(c1)CCCN2C(C)c1ccccc1O. The zero-order valence-corrected chi connectivity index (χ0v) is 12.1. The van der Waals surface area contributed by atoms with E-state index in [0.29, 0.717) is 5.75 Å². The van der Waals surface area contributed by atoms with E-state index in [-0.39, 0.29) is 6.04 Å². The third kappa shape index (κ3) is 2.26. The molecule has 0 saturated carbocycles. The van der Waals surface area contributed by atoms with Gasteiger partial charge in [-0.1, -0.05) is 35.9 Å². The van der Waals surface area contributed by atoms with Crippen LogP contribution in [-0.2, 0) is 6.42 Å². The highest BCUT2D eigenvalue weighted by atomic mass is 16.3. The standard InChI is InChI=1S/C18H21NO/c1-13-9-10-17-15(12-13)6-5-11-19(17)14(2)16-7-3-4-8-18(16)20/h3-4,7-10,12,14,20H,5-6,11H2,1-2H3. The number of benzene rings is 2. The van der Waals surface area contributed by atoms with Gasteiger partial charge in [-0.25, -0.2) is 0 Å². The highest BCUT2D eigenvalue weighted by Crippen LogP contribution is 2.36. The number of hydrogen-bond donors (Lipinski definition) is 1. The minimum absolute atomic E-state index is 0.193. The fourth-order valence-electron chi connectivity index (χ4n) is 3.17. The lowest BCUT2D eigenvalue weighted by Crippen LogP contribution is -2.32. The molecule has 0 bridgehead atoms. The van der Waals surface area contributed by atoms with Gasteiger partial charge in [0.1, 0.15) is 5.75 Å². The Labute approximate surface area is 120 Å². The van der Waals surface area contributed by atoms with Gasteiger partial charge in [0.2, 0.25) is 0 Å². The first-order valence-corrected chi connectivity index (χ1v) is 7.31. The van der Waals surface area contributed by atoms with Gasteiger partial charge >= 0.3 is 0 Å². The van der Waals surface area contributed by atoms with Crippen LogP contribution in [0.5, 0.6) is 5.75 Å². The third-order valence-corrected chi connectivity index (χ3v) is 4.24. The molecule has 1 aliphatic rings. The average molecular weight is 267 g/mol. The van der Waals surface area contributed by atoms with E-state index >= 15 is 0 Å². The Morgan fingerprint density at radius 1 is 1.15 bits per heavy atom. The van der Waals surface area contributed by atoms with Crippen LogP contribution >= 0.6 is 0 Å². The largest absolute Gasteiger partial charge is 0.508 e. The predicted octanol–water partition coefficient (Wildman–Crippen LogP) is 4.21. The fraction of sp³-hybridized carbons (Fsp3) is 0.333. The Balaban J connectivity index is 1.98. The van der Waals surface area contributed by atoms with Crippen LogP contribution in [0.25, 0.3) is 0 Å². The van der Waals surface area contributed by atoms with E-state index in [1.807, 2.05) is 18.2 Å². The van der Waals surface area contributed by atoms with Crippen molar-refractivity contribution in [2.24, 2.45) is 0 Å². The maximum absolute atomic E-state index is 10.1. The number of rotatable bonds is 2. The van der Waals surface area contributed by atoms with Crippen molar-refractivity contribution in [3.63, 3.8) is 0 Å². The van der Waals surface area contributed by atoms with Gasteiger partial charge < -0.3 is 10.0 Å². The zero-order chi connectivity index (χ0) is 14.1. The van der Waals surface area contributed by atoms with Crippen LogP contribution in [0, 0.1) is 6.92 Å². The molecule has 20 heavy (non-hydrogen) atoms. The molecule has 1 atom stereocenters. The Kier molecular flexibility index (Phi) is 3.39. The smallest absolute Gasteiger partial charge is 0.120 e. The molecule has 1 unspecified atom stereocenters. The van der Waals surface area contributed by atoms with E-state index in [1.165, 1.54) is 23.2 Å². The number of aryl methyl sites for hydroxylation is 2. The first-order valence-electron chi connectivity index (χ1n) is 7.31. The van der Waals surface area contributed by atoms with Crippen LogP contribution in [0.3, 0.4) is 0 Å². The van der Waals surface area contributed by atoms with E-state index in [1.54, 1.807) is 6.07 Å². The maximum Gasteiger partial charge on any atom is 0.120 e. The second kappa shape index (κ2) is 5.20. The number of nitrogens with zero attached hydrogens (tertiary/aromatic N) is 1. The molecule has 2 aromatic carbocycles. The number of aromatic hydroxyl groups is 1. The van der Waals surface area contributed by atoms with Gasteiger partial charge in [0.25, 0.3) is 0 Å². The number of phenolic OH excluding ortho intramolecular Hbond substituents is 1. The predicted molar refractivity (Wildman–Crippen MR) is 83.4 cm³/mol. The van der Waals surface area contributed by atoms with Crippen LogP contribution in [0.2, 0.25) is 0 Å². The molecule has 0 radical (unpaired) electrons. The second-order valence-electron chi connectivity index (χ2n) is 5.66. The summed E-state index contributed by atoms with van der Waals surface area (Å²) in [6.07, 6.45) is 2.33. The normalized spacial score (nSPS) is 15.8. The summed E-state index contributed by atoms with van der Waals surface area (Å²) < 4.78 is 0. The van der Waals surface area contributed by atoms with E-state index in [9.17, 15) is 5.11 Å². The molecule has 2 heteroatoms. The van der Waals surface area contributed by atoms with E-state index < -0.39 is 0 Å². The lowest BCUT2D eigenvalue weighted by molar-refractivity contribution is 0.459. The van der Waals surface area contributed by atoms with Gasteiger partial charge in [0, 0.05) is 17.8 Å². The Hall–Kier alpha value is -1.96. The molecule has 0 spiro atoms. The number of hydrogen-bond acceptors (Lipinski definition) is 2. The van der Waals surface area contributed by atoms with Gasteiger partial charge in [-0.15, -0.1) is 0 Å². The van der Waals surface area contributed by atoms with Crippen molar-refractivity contribution in [1.29, 1.82) is 0 Å². The van der Waals surface area contributed by atoms with Crippen molar-refractivity contribution >= 4 is 5.69 Å². The first kappa shape index (κ1) is 13.0. The monoisotopic (exact) mass is 267 g/mol. The molecule has 0 aromatic heterocycles. The number of fused-ring (bicyclic) bond motifs is 1. The van der Waals surface area contributed by atoms with Crippen molar-refractivity contribution in [2.75, 3.05) is 11.4 Å². The lowest BCUT2D eigenvalue weighted by atomic mass is 9.96. The topological polar surface area (TPSA) is 23.5 Å². The van der Waals surface area contributed by atoms with Crippen molar-refractivity contribution in [3.05, 3.63) is 59.2 Å². The van der Waals surface area contributed by atoms with Crippen molar-refractivity contribution in [2.45, 2.75) is 32.7 Å². The van der Waals surface area contributed by atoms with Gasteiger partial charge in [0.05, 0.1) is 6.04 Å². The van der Waals surface area contributed by atoms with Crippen molar-refractivity contribution in [1.82, 2.24) is 0 Å². The summed E-state index contributed by atoms with van der Waals surface area (Å²) in [5.41, 5.74) is 5.07. The number of para-hydroxylation sites is 1. The molecule has 0 fully saturated rings. The first-order chi connectivity index (χ1) is 9.66. The van der Waals surface area contributed by atoms with Crippen molar-refractivity contribution < 1.29 is 5.11 Å². The highest BCUT2D eigenvalue weighted by molar-refractivity contribution is 5.58. The molecule has 104 valence electrons. The van der Waals surface area contributed by atoms with E-state index in [4.69, 9.17) is 0 Å². The molecule has 0 saturated heterocycles. The molecule has 2 aromatic rings. The molecule has 2 nitrogen and oxygen atoms in total. The van der Waals surface area contributed by atoms with Gasteiger partial charge in [-0.05, 0) is 44.4 Å². The third-order valence-electron chi connectivity index (χ3n) is 4.24. The minimum Gasteiger partial charge on any atom is -0.508 e. The molecule has 1 N–H and O–H groups in total. The summed E-state index contributed by atoms with van der Waals surface area (Å²) in [5, 5.41) is 10.1. The van der Waals surface area contributed by atoms with Crippen LogP contribution in [-0.4, -0.2) is 11.7 Å². The quantitative estimate of drug-likeness (QED) is 0.881. The Morgan fingerprint density at radius 2 is 1.95 bits per heavy atom. The summed E-state index contributed by atoms with van der Waals surface area (Å²) in [4.78, 5) is 2.41. The highest BCUT2D eigenvalue weighted by Gasteiger charge is 2.23. The summed E-state index contributed by atoms with van der Waals surface area (Å²) in [5.74, 6) is 0.388. The second-order valence-corrected chi connectivity index (χ2v) is 5.66. The number of anilines is 1. The average Bonchev–Trinajstić information content (AvgIpc) is 2.46. The molecular formula is C18H21NO. The minimum atomic E-state index is 0.193. The Bertz CT molecular complexity index is 621. The molecule has 1 heterocycles. The zero-order valence-electron chi connectivity index (χ0n) is 12.1. The summed E-state index contributed by atoms with van der Waals surface area (Å²) >= 11 is 0. The molecule has 3 rings (SSSR count). The molecule has 0 aliphatic carbocycles. The summed E-state index contributed by atoms with van der Waals surface area (Å²) in [6.45, 7) is 5.36. The van der Waals surface area contributed by atoms with Crippen LogP contribution in [0.15, 0.2) is 42.5 Å². The van der Waals surface area contributed by atoms with Gasteiger partial charge in [0.15, 0.2) is 0 Å². The maximum atomic E-state index is 10.1. The lowest BCUT2D eigenvalue weighted by Gasteiger charge is -2.37. The van der Waals surface area contributed by atoms with Crippen LogP contribution in [0.4, 0.5) is 5.69 Å². The van der Waals surface area contributed by atoms with Crippen LogP contribution < -0.4 is 4.90 Å². The molecule has 0 amide bonds. The number of phenols is 1. The van der Waals surface area contributed by atoms with Crippen LogP contribution in [0.1, 0.15) is 36.1 Å².